The summed E-state index contributed by atoms with van der Waals surface area (Å²) < 4.78 is 13.6. The molecule has 0 aromatic heterocycles. The average molecular weight is 372 g/mol. The van der Waals surface area contributed by atoms with E-state index >= 15 is 0 Å². The van der Waals surface area contributed by atoms with E-state index in [2.05, 4.69) is 10.6 Å². The Morgan fingerprint density at radius 3 is 2.26 bits per heavy atom. The predicted octanol–water partition coefficient (Wildman–Crippen LogP) is 3.20. The Morgan fingerprint density at radius 2 is 1.67 bits per heavy atom. The van der Waals surface area contributed by atoms with Gasteiger partial charge in [-0.25, -0.2) is 4.39 Å². The van der Waals surface area contributed by atoms with Crippen molar-refractivity contribution in [2.24, 2.45) is 5.41 Å². The van der Waals surface area contributed by atoms with Crippen molar-refractivity contribution in [1.29, 1.82) is 0 Å². The Bertz CT molecular complexity index is 847. The van der Waals surface area contributed by atoms with Gasteiger partial charge in [0.25, 0.3) is 5.91 Å². The largest absolute Gasteiger partial charge is 0.481 e. The van der Waals surface area contributed by atoms with E-state index in [1.165, 1.54) is 32.0 Å². The molecule has 27 heavy (non-hydrogen) atoms. The molecule has 0 atom stereocenters. The molecule has 6 nitrogen and oxygen atoms in total. The van der Waals surface area contributed by atoms with Crippen LogP contribution < -0.4 is 10.6 Å². The number of carboxylic acid groups (broad SMARTS) is 1. The third-order valence-electron chi connectivity index (χ3n) is 4.01. The highest BCUT2D eigenvalue weighted by molar-refractivity contribution is 5.96. The molecule has 0 saturated heterocycles. The molecule has 0 unspecified atom stereocenters. The van der Waals surface area contributed by atoms with Gasteiger partial charge in [-0.05, 0) is 44.2 Å². The normalized spacial score (nSPS) is 10.9. The van der Waals surface area contributed by atoms with E-state index in [0.717, 1.165) is 0 Å². The molecule has 0 heterocycles. The number of nitrogens with one attached hydrogen (secondary N) is 2. The number of anilines is 1. The fourth-order valence-corrected chi connectivity index (χ4v) is 2.31. The van der Waals surface area contributed by atoms with Gasteiger partial charge in [-0.2, -0.15) is 0 Å². The van der Waals surface area contributed by atoms with Crippen molar-refractivity contribution in [3.8, 4) is 0 Å². The van der Waals surface area contributed by atoms with Crippen molar-refractivity contribution < 1.29 is 23.9 Å². The highest BCUT2D eigenvalue weighted by atomic mass is 19.1. The van der Waals surface area contributed by atoms with Gasteiger partial charge in [-0.15, -0.1) is 0 Å². The number of hydrogen-bond donors (Lipinski definition) is 3. The van der Waals surface area contributed by atoms with E-state index in [1.807, 2.05) is 0 Å². The lowest BCUT2D eigenvalue weighted by molar-refractivity contribution is -0.148. The summed E-state index contributed by atoms with van der Waals surface area (Å²) >= 11 is 0. The molecule has 142 valence electrons. The maximum absolute atomic E-state index is 13.6. The van der Waals surface area contributed by atoms with Gasteiger partial charge >= 0.3 is 5.97 Å². The van der Waals surface area contributed by atoms with Gasteiger partial charge < -0.3 is 15.7 Å². The first-order chi connectivity index (χ1) is 12.7. The van der Waals surface area contributed by atoms with Crippen molar-refractivity contribution >= 4 is 23.5 Å². The zero-order valence-corrected chi connectivity index (χ0v) is 15.1. The molecule has 0 aliphatic rings. The number of amides is 2. The fraction of sp³-hybridized carbons (Fsp3) is 0.250. The summed E-state index contributed by atoms with van der Waals surface area (Å²) in [4.78, 5) is 35.2. The lowest BCUT2D eigenvalue weighted by Gasteiger charge is -2.18. The number of rotatable bonds is 7. The SMILES string of the molecule is CC(C)(CC(=O)Nc1ccc(C(=O)NCc2ccccc2F)cc1)C(=O)O. The van der Waals surface area contributed by atoms with E-state index < -0.39 is 17.3 Å². The second-order valence-corrected chi connectivity index (χ2v) is 6.77. The van der Waals surface area contributed by atoms with Crippen LogP contribution in [0.1, 0.15) is 36.2 Å². The third-order valence-corrected chi connectivity index (χ3v) is 4.01. The molecule has 0 saturated carbocycles. The van der Waals surface area contributed by atoms with Crippen LogP contribution in [0.5, 0.6) is 0 Å². The number of benzene rings is 2. The summed E-state index contributed by atoms with van der Waals surface area (Å²) in [5.41, 5.74) is 0.0224. The predicted molar refractivity (Wildman–Crippen MR) is 98.7 cm³/mol. The zero-order valence-electron chi connectivity index (χ0n) is 15.1. The molecule has 0 radical (unpaired) electrons. The van der Waals surface area contributed by atoms with Crippen LogP contribution in [-0.2, 0) is 16.1 Å². The maximum atomic E-state index is 13.6. The molecule has 2 aromatic rings. The van der Waals surface area contributed by atoms with E-state index in [-0.39, 0.29) is 24.7 Å². The Morgan fingerprint density at radius 1 is 1.04 bits per heavy atom. The first-order valence-corrected chi connectivity index (χ1v) is 8.34. The molecule has 2 aromatic carbocycles. The van der Waals surface area contributed by atoms with Crippen LogP contribution in [0.3, 0.4) is 0 Å². The molecular formula is C20H21FN2O4. The number of carbonyl (C=O) groups is 3. The summed E-state index contributed by atoms with van der Waals surface area (Å²) in [6.45, 7) is 3.00. The topological polar surface area (TPSA) is 95.5 Å². The van der Waals surface area contributed by atoms with Crippen molar-refractivity contribution in [1.82, 2.24) is 5.32 Å². The fourth-order valence-electron chi connectivity index (χ4n) is 2.31. The molecule has 2 rings (SSSR count). The van der Waals surface area contributed by atoms with E-state index in [0.29, 0.717) is 16.8 Å². The first-order valence-electron chi connectivity index (χ1n) is 8.34. The standard InChI is InChI=1S/C20H21FN2O4/c1-20(2,19(26)27)11-17(24)23-15-9-7-13(8-10-15)18(25)22-12-14-5-3-4-6-16(14)21/h3-10H,11-12H2,1-2H3,(H,22,25)(H,23,24)(H,26,27). The average Bonchev–Trinajstić information content (AvgIpc) is 2.60. The minimum Gasteiger partial charge on any atom is -0.481 e. The summed E-state index contributed by atoms with van der Waals surface area (Å²) in [7, 11) is 0. The quantitative estimate of drug-likeness (QED) is 0.695. The Labute approximate surface area is 156 Å². The summed E-state index contributed by atoms with van der Waals surface area (Å²) in [5.74, 6) is -2.25. The van der Waals surface area contributed by atoms with Gasteiger partial charge in [0.15, 0.2) is 0 Å². The van der Waals surface area contributed by atoms with Crippen LogP contribution in [-0.4, -0.2) is 22.9 Å². The first kappa shape index (κ1) is 20.1. The molecule has 3 N–H and O–H groups in total. The van der Waals surface area contributed by atoms with Gasteiger partial charge in [-0.3, -0.25) is 14.4 Å². The second-order valence-electron chi connectivity index (χ2n) is 6.77. The smallest absolute Gasteiger partial charge is 0.309 e. The molecule has 0 fully saturated rings. The number of carbonyl (C=O) groups excluding carboxylic acids is 2. The van der Waals surface area contributed by atoms with Gasteiger partial charge in [-0.1, -0.05) is 18.2 Å². The number of halogens is 1. The molecule has 2 amide bonds. The van der Waals surface area contributed by atoms with Crippen LogP contribution >= 0.6 is 0 Å². The van der Waals surface area contributed by atoms with Gasteiger partial charge in [0.1, 0.15) is 5.82 Å². The summed E-state index contributed by atoms with van der Waals surface area (Å²) in [6, 6.07) is 12.3. The van der Waals surface area contributed by atoms with E-state index in [1.54, 1.807) is 30.3 Å². The molecule has 0 spiro atoms. The highest BCUT2D eigenvalue weighted by Crippen LogP contribution is 2.21. The lowest BCUT2D eigenvalue weighted by Crippen LogP contribution is -2.29. The molecule has 0 aliphatic carbocycles. The monoisotopic (exact) mass is 372 g/mol. The van der Waals surface area contributed by atoms with Crippen molar-refractivity contribution in [2.75, 3.05) is 5.32 Å². The Kier molecular flexibility index (Phi) is 6.28. The van der Waals surface area contributed by atoms with Crippen LogP contribution in [0.2, 0.25) is 0 Å². The molecule has 0 bridgehead atoms. The summed E-state index contributed by atoms with van der Waals surface area (Å²) in [6.07, 6.45) is -0.173. The van der Waals surface area contributed by atoms with Crippen molar-refractivity contribution in [3.63, 3.8) is 0 Å². The van der Waals surface area contributed by atoms with Crippen LogP contribution in [0.15, 0.2) is 48.5 Å². The number of aliphatic carboxylic acids is 1. The Hall–Kier alpha value is -3.22. The molecular weight excluding hydrogens is 351 g/mol. The van der Waals surface area contributed by atoms with E-state index in [4.69, 9.17) is 5.11 Å². The molecule has 0 aliphatic heterocycles. The maximum Gasteiger partial charge on any atom is 0.309 e. The van der Waals surface area contributed by atoms with Crippen LogP contribution in [0.25, 0.3) is 0 Å². The minimum absolute atomic E-state index is 0.0638. The van der Waals surface area contributed by atoms with Crippen molar-refractivity contribution in [2.45, 2.75) is 26.8 Å². The highest BCUT2D eigenvalue weighted by Gasteiger charge is 2.30. The van der Waals surface area contributed by atoms with Crippen molar-refractivity contribution in [3.05, 3.63) is 65.5 Å². The van der Waals surface area contributed by atoms with Gasteiger partial charge in [0.05, 0.1) is 5.41 Å². The second kappa shape index (κ2) is 8.44. The third kappa shape index (κ3) is 5.64. The van der Waals surface area contributed by atoms with Gasteiger partial charge in [0.2, 0.25) is 5.91 Å². The van der Waals surface area contributed by atoms with Crippen LogP contribution in [0, 0.1) is 11.2 Å². The lowest BCUT2D eigenvalue weighted by atomic mass is 9.89. The molecule has 7 heteroatoms. The zero-order chi connectivity index (χ0) is 20.0. The summed E-state index contributed by atoms with van der Waals surface area (Å²) in [5, 5.41) is 14.3. The number of hydrogen-bond acceptors (Lipinski definition) is 3. The Balaban J connectivity index is 1.92. The minimum atomic E-state index is -1.17. The van der Waals surface area contributed by atoms with E-state index in [9.17, 15) is 18.8 Å². The van der Waals surface area contributed by atoms with Crippen LogP contribution in [0.4, 0.5) is 10.1 Å². The van der Waals surface area contributed by atoms with Gasteiger partial charge in [0, 0.05) is 29.8 Å². The number of carboxylic acids is 1.